The molecule has 0 spiro atoms. The molecule has 1 fully saturated rings. The second-order valence-corrected chi connectivity index (χ2v) is 9.95. The fourth-order valence-corrected chi connectivity index (χ4v) is 5.48. The van der Waals surface area contributed by atoms with Crippen LogP contribution in [0.25, 0.3) is 11.1 Å². The molecule has 174 valence electrons. The maximum absolute atomic E-state index is 13.8. The van der Waals surface area contributed by atoms with Crippen LogP contribution in [0, 0.1) is 0 Å². The van der Waals surface area contributed by atoms with Crippen LogP contribution >= 0.6 is 0 Å². The van der Waals surface area contributed by atoms with Crippen molar-refractivity contribution in [2.45, 2.75) is 76.4 Å². The number of furan rings is 1. The lowest BCUT2D eigenvalue weighted by Gasteiger charge is -2.45. The van der Waals surface area contributed by atoms with Gasteiger partial charge in [-0.1, -0.05) is 62.9 Å². The SMILES string of the molecule is C[C@@H](CN1C(=O)c2cc3occc3n2C[C@]1(C)C(=O)NC1CCCCCC1)c1ccccc1. The first-order valence-corrected chi connectivity index (χ1v) is 12.2. The topological polar surface area (TPSA) is 67.5 Å². The number of hydrogen-bond donors (Lipinski definition) is 1. The van der Waals surface area contributed by atoms with Gasteiger partial charge < -0.3 is 19.2 Å². The van der Waals surface area contributed by atoms with Gasteiger partial charge in [-0.15, -0.1) is 0 Å². The number of fused-ring (bicyclic) bond motifs is 3. The molecule has 6 heteroatoms. The minimum atomic E-state index is -0.983. The van der Waals surface area contributed by atoms with Crippen LogP contribution in [0.1, 0.15) is 74.3 Å². The Kier molecular flexibility index (Phi) is 5.77. The molecule has 0 unspecified atom stereocenters. The molecular weight excluding hydrogens is 414 g/mol. The number of nitrogens with zero attached hydrogens (tertiary/aromatic N) is 2. The van der Waals surface area contributed by atoms with Gasteiger partial charge in [0.05, 0.1) is 18.3 Å². The quantitative estimate of drug-likeness (QED) is 0.554. The third kappa shape index (κ3) is 3.96. The van der Waals surface area contributed by atoms with E-state index in [9.17, 15) is 9.59 Å². The molecule has 3 heterocycles. The van der Waals surface area contributed by atoms with E-state index in [1.54, 1.807) is 17.2 Å². The van der Waals surface area contributed by atoms with Crippen LogP contribution in [0.15, 0.2) is 53.1 Å². The Balaban J connectivity index is 1.49. The summed E-state index contributed by atoms with van der Waals surface area (Å²) in [5, 5.41) is 3.33. The van der Waals surface area contributed by atoms with Crippen molar-refractivity contribution in [1.29, 1.82) is 0 Å². The van der Waals surface area contributed by atoms with Crippen LogP contribution in [-0.4, -0.2) is 39.4 Å². The summed E-state index contributed by atoms with van der Waals surface area (Å²) in [5.74, 6) is -0.0717. The van der Waals surface area contributed by atoms with E-state index in [0.717, 1.165) is 36.8 Å². The van der Waals surface area contributed by atoms with Gasteiger partial charge >= 0.3 is 0 Å². The lowest BCUT2D eigenvalue weighted by atomic mass is 9.91. The fourth-order valence-electron chi connectivity index (χ4n) is 5.48. The molecule has 2 amide bonds. The largest absolute Gasteiger partial charge is 0.463 e. The van der Waals surface area contributed by atoms with Crippen molar-refractivity contribution in [3.05, 3.63) is 60.0 Å². The third-order valence-corrected chi connectivity index (χ3v) is 7.55. The Morgan fingerprint density at radius 2 is 1.88 bits per heavy atom. The van der Waals surface area contributed by atoms with E-state index < -0.39 is 5.54 Å². The highest BCUT2D eigenvalue weighted by Crippen LogP contribution is 2.35. The minimum absolute atomic E-state index is 0.0565. The molecule has 1 saturated carbocycles. The number of hydrogen-bond acceptors (Lipinski definition) is 3. The standard InChI is InChI=1S/C27H33N3O3/c1-19(20-10-6-5-7-11-20)17-30-25(31)23-16-24-22(14-15-33-24)29(23)18-27(30,2)26(32)28-21-12-8-3-4-9-13-21/h5-7,10-11,14-16,19,21H,3-4,8-9,12-13,17-18H2,1-2H3,(H,28,32)/t19-,27+/m0/s1. The summed E-state index contributed by atoms with van der Waals surface area (Å²) in [6.45, 7) is 4.93. The summed E-state index contributed by atoms with van der Waals surface area (Å²) in [5.41, 5.74) is 2.31. The zero-order chi connectivity index (χ0) is 23.0. The van der Waals surface area contributed by atoms with Crippen molar-refractivity contribution in [2.24, 2.45) is 0 Å². The number of amides is 2. The van der Waals surface area contributed by atoms with Gasteiger partial charge in [0.25, 0.3) is 5.91 Å². The molecule has 2 aromatic heterocycles. The first-order valence-electron chi connectivity index (χ1n) is 12.2. The molecule has 1 aliphatic heterocycles. The number of carbonyl (C=O) groups is 2. The van der Waals surface area contributed by atoms with E-state index >= 15 is 0 Å². The highest BCUT2D eigenvalue weighted by molar-refractivity contribution is 6.03. The van der Waals surface area contributed by atoms with Crippen molar-refractivity contribution in [2.75, 3.05) is 6.54 Å². The Labute approximate surface area is 194 Å². The lowest BCUT2D eigenvalue weighted by Crippen LogP contribution is -2.65. The number of rotatable bonds is 5. The maximum atomic E-state index is 13.8. The molecule has 3 aromatic rings. The predicted molar refractivity (Wildman–Crippen MR) is 128 cm³/mol. The van der Waals surface area contributed by atoms with Gasteiger partial charge in [-0.2, -0.15) is 0 Å². The van der Waals surface area contributed by atoms with Crippen molar-refractivity contribution < 1.29 is 14.0 Å². The Morgan fingerprint density at radius 3 is 2.61 bits per heavy atom. The molecule has 0 bridgehead atoms. The Bertz CT molecular complexity index is 1140. The van der Waals surface area contributed by atoms with Gasteiger partial charge in [-0.3, -0.25) is 9.59 Å². The second kappa shape index (κ2) is 8.73. The average molecular weight is 448 g/mol. The molecule has 2 aliphatic rings. The third-order valence-electron chi connectivity index (χ3n) is 7.55. The van der Waals surface area contributed by atoms with Crippen LogP contribution in [0.2, 0.25) is 0 Å². The number of aromatic nitrogens is 1. The highest BCUT2D eigenvalue weighted by atomic mass is 16.3. The normalized spacial score (nSPS) is 22.7. The summed E-state index contributed by atoms with van der Waals surface area (Å²) < 4.78 is 7.53. The first kappa shape index (κ1) is 21.8. The van der Waals surface area contributed by atoms with Crippen LogP contribution in [-0.2, 0) is 11.3 Å². The molecule has 2 atom stereocenters. The van der Waals surface area contributed by atoms with E-state index in [-0.39, 0.29) is 23.8 Å². The van der Waals surface area contributed by atoms with Crippen LogP contribution in [0.3, 0.4) is 0 Å². The van der Waals surface area contributed by atoms with Crippen LogP contribution in [0.4, 0.5) is 0 Å². The smallest absolute Gasteiger partial charge is 0.271 e. The summed E-state index contributed by atoms with van der Waals surface area (Å²) >= 11 is 0. The van der Waals surface area contributed by atoms with Gasteiger partial charge in [0.2, 0.25) is 5.91 Å². The van der Waals surface area contributed by atoms with Crippen molar-refractivity contribution >= 4 is 22.9 Å². The van der Waals surface area contributed by atoms with Gasteiger partial charge in [-0.25, -0.2) is 0 Å². The monoisotopic (exact) mass is 447 g/mol. The fraction of sp³-hybridized carbons (Fsp3) is 0.481. The Hall–Kier alpha value is -3.02. The van der Waals surface area contributed by atoms with Gasteiger partial charge in [0.1, 0.15) is 11.2 Å². The first-order chi connectivity index (χ1) is 16.0. The van der Waals surface area contributed by atoms with Gasteiger partial charge in [0.15, 0.2) is 5.58 Å². The molecule has 0 saturated heterocycles. The number of carbonyl (C=O) groups excluding carboxylic acids is 2. The van der Waals surface area contributed by atoms with Crippen LogP contribution < -0.4 is 5.32 Å². The average Bonchev–Trinajstić information content (AvgIpc) is 3.31. The summed E-state index contributed by atoms with van der Waals surface area (Å²) in [4.78, 5) is 29.4. The zero-order valence-electron chi connectivity index (χ0n) is 19.5. The lowest BCUT2D eigenvalue weighted by molar-refractivity contribution is -0.133. The minimum Gasteiger partial charge on any atom is -0.463 e. The maximum Gasteiger partial charge on any atom is 0.271 e. The number of nitrogens with one attached hydrogen (secondary N) is 1. The van der Waals surface area contributed by atoms with Crippen molar-refractivity contribution in [1.82, 2.24) is 14.8 Å². The molecule has 0 radical (unpaired) electrons. The van der Waals surface area contributed by atoms with E-state index in [1.165, 1.54) is 12.8 Å². The Morgan fingerprint density at radius 1 is 1.15 bits per heavy atom. The molecule has 5 rings (SSSR count). The summed E-state index contributed by atoms with van der Waals surface area (Å²) in [6.07, 6.45) is 8.41. The van der Waals surface area contributed by atoms with E-state index in [0.29, 0.717) is 24.4 Å². The second-order valence-electron chi connectivity index (χ2n) is 9.95. The van der Waals surface area contributed by atoms with Gasteiger partial charge in [0, 0.05) is 24.7 Å². The molecule has 6 nitrogen and oxygen atoms in total. The zero-order valence-corrected chi connectivity index (χ0v) is 19.5. The predicted octanol–water partition coefficient (Wildman–Crippen LogP) is 5.09. The van der Waals surface area contributed by atoms with E-state index in [2.05, 4.69) is 24.4 Å². The molecule has 1 N–H and O–H groups in total. The molecule has 1 aliphatic carbocycles. The summed E-state index contributed by atoms with van der Waals surface area (Å²) in [6, 6.07) is 14.0. The van der Waals surface area contributed by atoms with Crippen molar-refractivity contribution in [3.63, 3.8) is 0 Å². The van der Waals surface area contributed by atoms with E-state index in [1.807, 2.05) is 35.8 Å². The summed E-state index contributed by atoms with van der Waals surface area (Å²) in [7, 11) is 0. The number of benzene rings is 1. The molecule has 33 heavy (non-hydrogen) atoms. The van der Waals surface area contributed by atoms with Crippen LogP contribution in [0.5, 0.6) is 0 Å². The molecule has 1 aromatic carbocycles. The van der Waals surface area contributed by atoms with Gasteiger partial charge in [-0.05, 0) is 31.2 Å². The van der Waals surface area contributed by atoms with Crippen molar-refractivity contribution in [3.8, 4) is 0 Å². The molecular formula is C27H33N3O3. The highest BCUT2D eigenvalue weighted by Gasteiger charge is 2.48. The van der Waals surface area contributed by atoms with E-state index in [4.69, 9.17) is 4.42 Å².